The van der Waals surface area contributed by atoms with Gasteiger partial charge >= 0.3 is 0 Å². The summed E-state index contributed by atoms with van der Waals surface area (Å²) in [7, 11) is 2.52. The van der Waals surface area contributed by atoms with E-state index in [4.69, 9.17) is 37.3 Å². The third kappa shape index (κ3) is 8.57. The van der Waals surface area contributed by atoms with Gasteiger partial charge in [-0.2, -0.15) is 0 Å². The summed E-state index contributed by atoms with van der Waals surface area (Å²) in [5, 5.41) is 179. The molecule has 0 saturated carbocycles. The molecule has 1 aliphatic carbocycles. The molecular formula is C55H51O24+. The number of aromatic hydroxyl groups is 8. The standard InChI is InChI=1S/C55H50O24/c1-72-36-9-20(10-37(73-2)44(36)67)51-53(79-55-48(71)47(70)45(68)38(17-56)76-55)23-14-35(74-33-11-21(57)12-34(75-51)39(23)33)40-29(63)16-31(65)42-43(46(69)50(78-54(40)42)19-4-6-25(59)28(62)8-19)41-30(64)15-26(60)22-13-32(66)49(77-52(22)41)18-3-5-24(58)27(61)7-18/h3-12,14-16,32,38,43,45-50,54-71H,13,17H2,1-2H3/p+1/t32-,38+,43+,45+,46-,47-,48+,49+,50+,54?,55-/m0/s1. The van der Waals surface area contributed by atoms with E-state index in [0.717, 1.165) is 36.4 Å². The van der Waals surface area contributed by atoms with Gasteiger partial charge in [-0.05, 0) is 54.1 Å². The van der Waals surface area contributed by atoms with Crippen LogP contribution < -0.4 is 24.4 Å². The fraction of sp³-hybridized carbons (Fsp3) is 0.273. The largest absolute Gasteiger partial charge is 0.508 e. The quantitative estimate of drug-likeness (QED) is 0.0729. The maximum atomic E-state index is 12.8. The van der Waals surface area contributed by atoms with Crippen LogP contribution in [0, 0.1) is 0 Å². The van der Waals surface area contributed by atoms with Gasteiger partial charge in [0.05, 0.1) is 44.0 Å². The van der Waals surface area contributed by atoms with Gasteiger partial charge in [0.25, 0.3) is 0 Å². The molecule has 11 rings (SSSR count). The van der Waals surface area contributed by atoms with Gasteiger partial charge in [-0.15, -0.1) is 0 Å². The summed E-state index contributed by atoms with van der Waals surface area (Å²) >= 11 is 0. The number of methoxy groups -OCH3 is 2. The first-order valence-corrected chi connectivity index (χ1v) is 24.3. The molecule has 5 aliphatic heterocycles. The molecule has 79 heavy (non-hydrogen) atoms. The van der Waals surface area contributed by atoms with Crippen molar-refractivity contribution in [3.05, 3.63) is 124 Å². The van der Waals surface area contributed by atoms with Crippen molar-refractivity contribution in [1.82, 2.24) is 0 Å². The zero-order valence-corrected chi connectivity index (χ0v) is 41.2. The van der Waals surface area contributed by atoms with Crippen LogP contribution in [0.5, 0.6) is 69.0 Å². The summed E-state index contributed by atoms with van der Waals surface area (Å²) in [6.07, 6.45) is -16.4. The SMILES string of the molecule is COc1cc(-c2oc3cc(O)cc4oc(=C5C(O)=CC(O)=C6C5[OH+][C@H](c5ccc(O)c(O)c5)[C@@H](O)[C@@H]6c5c(O)cc(O)c6c5O[C@H](c5ccc(O)c(O)c5)[C@@H](O)C6)cc(c2O[C@@H]2O[C@H](CO)[C@@H](O)[C@H](O)[C@H]2O)-c34)cc(OC)c1O. The Morgan fingerprint density at radius 3 is 1.95 bits per heavy atom. The van der Waals surface area contributed by atoms with Crippen LogP contribution in [0.3, 0.4) is 0 Å². The summed E-state index contributed by atoms with van der Waals surface area (Å²) in [6, 6.07) is 14.4. The first-order valence-electron chi connectivity index (χ1n) is 24.3. The summed E-state index contributed by atoms with van der Waals surface area (Å²) < 4.78 is 47.4. The normalized spacial score (nSPS) is 26.5. The summed E-state index contributed by atoms with van der Waals surface area (Å²) in [6.45, 7) is -0.847. The Morgan fingerprint density at radius 2 is 1.30 bits per heavy atom. The van der Waals surface area contributed by atoms with Gasteiger partial charge in [0.15, 0.2) is 46.0 Å². The molecule has 2 fully saturated rings. The fourth-order valence-corrected chi connectivity index (χ4v) is 10.8. The predicted molar refractivity (Wildman–Crippen MR) is 269 cm³/mol. The predicted octanol–water partition coefficient (Wildman–Crippen LogP) is 3.17. The van der Waals surface area contributed by atoms with Crippen LogP contribution in [0.2, 0.25) is 0 Å². The molecule has 414 valence electrons. The van der Waals surface area contributed by atoms with Crippen LogP contribution in [0.25, 0.3) is 39.2 Å². The average Bonchev–Trinajstić information content (AvgIpc) is 3.45. The zero-order valence-electron chi connectivity index (χ0n) is 41.2. The van der Waals surface area contributed by atoms with E-state index in [2.05, 4.69) is 0 Å². The van der Waals surface area contributed by atoms with Crippen LogP contribution >= 0.6 is 0 Å². The van der Waals surface area contributed by atoms with E-state index in [1.54, 1.807) is 0 Å². The Hall–Kier alpha value is -8.72. The van der Waals surface area contributed by atoms with E-state index >= 15 is 0 Å². The van der Waals surface area contributed by atoms with Crippen LogP contribution in [-0.2, 0) is 11.2 Å². The van der Waals surface area contributed by atoms with E-state index in [0.29, 0.717) is 0 Å². The molecule has 0 bridgehead atoms. The molecule has 1 unspecified atom stereocenters. The minimum atomic E-state index is -2.01. The average molecular weight is 1100 g/mol. The molecule has 0 aromatic heterocycles. The van der Waals surface area contributed by atoms with E-state index < -0.39 is 131 Å². The van der Waals surface area contributed by atoms with E-state index in [1.807, 2.05) is 0 Å². The second kappa shape index (κ2) is 19.6. The smallest absolute Gasteiger partial charge is 0.229 e. The van der Waals surface area contributed by atoms with Crippen molar-refractivity contribution in [2.24, 2.45) is 0 Å². The number of aliphatic hydroxyl groups is 10. The third-order valence-corrected chi connectivity index (χ3v) is 14.7. The monoisotopic (exact) mass is 1100 g/mol. The van der Waals surface area contributed by atoms with Gasteiger partial charge in [0, 0.05) is 58.5 Å². The van der Waals surface area contributed by atoms with Crippen molar-refractivity contribution in [2.45, 2.75) is 73.6 Å². The summed E-state index contributed by atoms with van der Waals surface area (Å²) in [5.41, 5.74) is -1.23. The van der Waals surface area contributed by atoms with Crippen molar-refractivity contribution in [3.63, 3.8) is 0 Å². The molecule has 24 heteroatoms. The molecule has 5 aromatic rings. The van der Waals surface area contributed by atoms with Gasteiger partial charge in [0.2, 0.25) is 24.2 Å². The number of fused-ring (bicyclic) bond motifs is 2. The number of phenols is 8. The minimum Gasteiger partial charge on any atom is -0.508 e. The zero-order chi connectivity index (χ0) is 56.2. The van der Waals surface area contributed by atoms with Gasteiger partial charge in [-0.25, -0.2) is 0 Å². The second-order valence-electron chi connectivity index (χ2n) is 19.3. The lowest BCUT2D eigenvalue weighted by molar-refractivity contribution is -0.277. The number of rotatable bonds is 9. The molecule has 6 aliphatic rings. The topological polar surface area (TPSA) is 409 Å². The number of hydrogen-bond acceptors (Lipinski definition) is 23. The first-order chi connectivity index (χ1) is 37.7. The highest BCUT2D eigenvalue weighted by atomic mass is 16.7. The van der Waals surface area contributed by atoms with E-state index in [9.17, 15) is 81.7 Å². The Bertz CT molecular complexity index is 3660. The molecule has 11 atom stereocenters. The first kappa shape index (κ1) is 52.3. The van der Waals surface area contributed by atoms with Crippen LogP contribution in [0.4, 0.5) is 0 Å². The number of aliphatic hydroxyl groups excluding tert-OH is 8. The van der Waals surface area contributed by atoms with Crippen molar-refractivity contribution in [1.29, 1.82) is 0 Å². The summed E-state index contributed by atoms with van der Waals surface area (Å²) in [4.78, 5) is 0. The molecule has 5 aromatic carbocycles. The Balaban J connectivity index is 1.19. The van der Waals surface area contributed by atoms with Gasteiger partial charge in [-0.1, -0.05) is 6.07 Å². The van der Waals surface area contributed by atoms with Crippen LogP contribution in [-0.4, -0.2) is 156 Å². The number of ether oxygens (including phenoxy) is 6. The van der Waals surface area contributed by atoms with Gasteiger partial charge < -0.3 is 119 Å². The van der Waals surface area contributed by atoms with Crippen LogP contribution in [0.15, 0.2) is 105 Å². The molecule has 5 heterocycles. The highest BCUT2D eigenvalue weighted by Crippen LogP contribution is 2.57. The lowest BCUT2D eigenvalue weighted by Crippen LogP contribution is -2.60. The summed E-state index contributed by atoms with van der Waals surface area (Å²) in [5.74, 6) is -8.62. The molecule has 0 amide bonds. The Morgan fingerprint density at radius 1 is 0.658 bits per heavy atom. The number of benzene rings is 5. The maximum absolute atomic E-state index is 12.8. The number of phenolic OH excluding ortho intramolecular Hbond substituents is 8. The minimum absolute atomic E-state index is 0.0352. The number of hydrogen-bond donors (Lipinski definition) is 16. The highest BCUT2D eigenvalue weighted by molar-refractivity contribution is 5.98. The molecule has 0 spiro atoms. The Kier molecular flexibility index (Phi) is 13.0. The maximum Gasteiger partial charge on any atom is 0.229 e. The molecule has 17 N–H and O–H groups in total. The highest BCUT2D eigenvalue weighted by Gasteiger charge is 2.55. The molecular weight excluding hydrogens is 1040 g/mol. The molecule has 2 saturated heterocycles. The van der Waals surface area contributed by atoms with Crippen molar-refractivity contribution >= 4 is 16.7 Å². The lowest BCUT2D eigenvalue weighted by atomic mass is 9.72. The second-order valence-corrected chi connectivity index (χ2v) is 19.3. The van der Waals surface area contributed by atoms with Gasteiger partial charge in [0.1, 0.15) is 93.3 Å². The van der Waals surface area contributed by atoms with Crippen molar-refractivity contribution in [2.75, 3.05) is 20.8 Å². The Labute approximate surface area is 444 Å². The van der Waals surface area contributed by atoms with E-state index in [-0.39, 0.29) is 102 Å². The lowest BCUT2D eigenvalue weighted by Gasteiger charge is -2.42. The fourth-order valence-electron chi connectivity index (χ4n) is 10.8. The molecule has 24 nitrogen and oxygen atoms in total. The number of allylic oxidation sites excluding steroid dienone is 1. The van der Waals surface area contributed by atoms with Crippen molar-refractivity contribution in [3.8, 4) is 91.4 Å². The van der Waals surface area contributed by atoms with Crippen LogP contribution in [0.1, 0.15) is 40.4 Å². The van der Waals surface area contributed by atoms with Crippen molar-refractivity contribution < 1.29 is 119 Å². The van der Waals surface area contributed by atoms with E-state index in [1.165, 1.54) is 56.7 Å². The van der Waals surface area contributed by atoms with Gasteiger partial charge in [-0.3, -0.25) is 0 Å². The molecule has 0 radical (unpaired) electrons. The third-order valence-electron chi connectivity index (χ3n) is 14.7.